The van der Waals surface area contributed by atoms with Gasteiger partial charge in [-0.25, -0.2) is 0 Å². The molecule has 0 N–H and O–H groups in total. The van der Waals surface area contributed by atoms with E-state index in [2.05, 4.69) is 205 Å². The molecule has 0 spiro atoms. The fourth-order valence-electron chi connectivity index (χ4n) is 4.36. The van der Waals surface area contributed by atoms with E-state index in [1.807, 2.05) is 0 Å². The van der Waals surface area contributed by atoms with E-state index in [0.29, 0.717) is 0 Å². The average molecular weight is 861 g/mol. The Bertz CT molecular complexity index is 1290. The van der Waals surface area contributed by atoms with E-state index in [-0.39, 0.29) is 19.5 Å². The Morgan fingerprint density at radius 1 is 0.395 bits per heavy atom. The number of rotatable bonds is 6. The van der Waals surface area contributed by atoms with Crippen molar-refractivity contribution in [2.24, 2.45) is 0 Å². The summed E-state index contributed by atoms with van der Waals surface area (Å²) in [5.41, 5.74) is 0. The molecule has 0 amide bonds. The summed E-state index contributed by atoms with van der Waals surface area (Å²) >= 11 is 5.59. The molecule has 43 heavy (non-hydrogen) atoms. The Balaban J connectivity index is 0.000000206. The Kier molecular flexibility index (Phi) is 16.1. The molecule has 0 bridgehead atoms. The molecule has 0 atom stereocenters. The van der Waals surface area contributed by atoms with E-state index in [9.17, 15) is 0 Å². The maximum atomic E-state index is 8.98. The maximum absolute atomic E-state index is 8.98. The molecule has 0 aliphatic carbocycles. The Morgan fingerprint density at radius 3 is 0.791 bits per heavy atom. The van der Waals surface area contributed by atoms with Gasteiger partial charge < -0.3 is 0 Å². The van der Waals surface area contributed by atoms with Crippen molar-refractivity contribution in [1.82, 2.24) is 0 Å². The molecule has 6 heteroatoms. The monoisotopic (exact) mass is 859 g/mol. The molecule has 215 valence electrons. The van der Waals surface area contributed by atoms with Gasteiger partial charge in [0.2, 0.25) is 0 Å². The molecular weight excluding hydrogens is 831 g/mol. The fraction of sp³-hybridized carbons (Fsp3) is 0. The van der Waals surface area contributed by atoms with Gasteiger partial charge in [-0.05, 0) is 23.2 Å². The van der Waals surface area contributed by atoms with E-state index >= 15 is 0 Å². The molecule has 0 heterocycles. The average Bonchev–Trinajstić information content (AvgIpc) is 3.05. The number of benzene rings is 6. The molecule has 0 aliphatic rings. The Morgan fingerprint density at radius 2 is 0.581 bits per heavy atom. The van der Waals surface area contributed by atoms with Gasteiger partial charge in [-0.3, -0.25) is 4.79 Å². The molecule has 0 aromatic heterocycles. The van der Waals surface area contributed by atoms with Gasteiger partial charge in [-0.1, -0.05) is 0 Å². The van der Waals surface area contributed by atoms with Crippen LogP contribution >= 0.6 is 23.2 Å². The van der Waals surface area contributed by atoms with E-state index in [0.717, 1.165) is 0 Å². The number of hydrogen-bond acceptors (Lipinski definition) is 1. The van der Waals surface area contributed by atoms with Crippen LogP contribution in [-0.4, -0.2) is 39.6 Å². The predicted octanol–water partition coefficient (Wildman–Crippen LogP) is 5.99. The summed E-state index contributed by atoms with van der Waals surface area (Å²) < 4.78 is 8.10. The van der Waals surface area contributed by atoms with E-state index in [1.165, 1.54) is 23.6 Å². The van der Waals surface area contributed by atoms with Crippen molar-refractivity contribution in [1.29, 1.82) is 0 Å². The zero-order valence-corrected chi connectivity index (χ0v) is 30.8. The van der Waals surface area contributed by atoms with Crippen molar-refractivity contribution in [2.45, 2.75) is 0 Å². The number of carbonyl (C=O) groups is 1. The number of carbonyl (C=O) groups excluding carboxylic acids is 1. The van der Waals surface area contributed by atoms with E-state index < -0.39 is 39.6 Å². The Hall–Kier alpha value is -2.43. The summed E-state index contributed by atoms with van der Waals surface area (Å²) in [5.74, 6) is 0. The topological polar surface area (TPSA) is 17.1 Å². The molecule has 0 aliphatic heterocycles. The molecular formula is C37H30AsCl2ORhSb+2. The van der Waals surface area contributed by atoms with Gasteiger partial charge in [0.15, 0.2) is 0 Å². The van der Waals surface area contributed by atoms with Gasteiger partial charge in [0.1, 0.15) is 0 Å². The van der Waals surface area contributed by atoms with Gasteiger partial charge in [0.05, 0.1) is 0 Å². The van der Waals surface area contributed by atoms with Crippen molar-refractivity contribution in [3.8, 4) is 0 Å². The van der Waals surface area contributed by atoms with Crippen molar-refractivity contribution >= 4 is 86.3 Å². The summed E-state index contributed by atoms with van der Waals surface area (Å²) in [6.45, 7) is 0. The summed E-state index contributed by atoms with van der Waals surface area (Å²) in [6, 6.07) is 65.6. The molecule has 1 radical (unpaired) electrons. The van der Waals surface area contributed by atoms with Crippen LogP contribution in [0.1, 0.15) is 0 Å². The molecule has 0 saturated heterocycles. The standard InChI is InChI=1S/C18H15As.3C6H5.CCl2O.Rh.Sb/c1-4-10-16(11-5-1)19(17-12-6-2-7-13-17)18-14-8-3-9-15-18;3*1-2-4-6-5-3-1;2-1(3)4;;/h1-15H;3*1-5H;;;/q;;;;;+2;. The van der Waals surface area contributed by atoms with Crippen molar-refractivity contribution in [2.75, 3.05) is 0 Å². The van der Waals surface area contributed by atoms with Crippen LogP contribution in [0.4, 0.5) is 4.79 Å². The number of halogens is 2. The zero-order chi connectivity index (χ0) is 29.4. The van der Waals surface area contributed by atoms with E-state index in [1.54, 1.807) is 0 Å². The normalized spacial score (nSPS) is 9.95. The Labute approximate surface area is 289 Å². The molecule has 6 aromatic rings. The molecule has 0 unspecified atom stereocenters. The van der Waals surface area contributed by atoms with Crippen LogP contribution in [-0.2, 0) is 19.5 Å². The summed E-state index contributed by atoms with van der Waals surface area (Å²) in [4.78, 5) is 8.98. The van der Waals surface area contributed by atoms with Gasteiger partial charge in [-0.15, -0.1) is 0 Å². The van der Waals surface area contributed by atoms with Crippen LogP contribution in [0.15, 0.2) is 182 Å². The van der Waals surface area contributed by atoms with E-state index in [4.69, 9.17) is 4.79 Å². The first kappa shape index (κ1) is 35.1. The van der Waals surface area contributed by atoms with Gasteiger partial charge in [0.25, 0.3) is 0 Å². The summed E-state index contributed by atoms with van der Waals surface area (Å²) in [6.07, 6.45) is 0. The summed E-state index contributed by atoms with van der Waals surface area (Å²) in [5, 5.41) is 0. The van der Waals surface area contributed by atoms with Gasteiger partial charge in [0, 0.05) is 0 Å². The third-order valence-electron chi connectivity index (χ3n) is 6.09. The van der Waals surface area contributed by atoms with Crippen LogP contribution in [0.5, 0.6) is 0 Å². The first-order chi connectivity index (χ1) is 20.6. The van der Waals surface area contributed by atoms with Crippen LogP contribution in [0.2, 0.25) is 0 Å². The third-order valence-corrected chi connectivity index (χ3v) is 18.2. The molecule has 0 saturated carbocycles. The quantitative estimate of drug-likeness (QED) is 0.149. The second kappa shape index (κ2) is 19.8. The second-order valence-corrected chi connectivity index (χ2v) is 20.8. The van der Waals surface area contributed by atoms with Crippen LogP contribution < -0.4 is 23.6 Å². The fourth-order valence-corrected chi connectivity index (χ4v) is 15.8. The first-order valence-corrected chi connectivity index (χ1v) is 20.8. The number of hydrogen-bond donors (Lipinski definition) is 0. The minimum absolute atomic E-state index is 0. The van der Waals surface area contributed by atoms with Crippen LogP contribution in [0, 0.1) is 0 Å². The van der Waals surface area contributed by atoms with Crippen molar-refractivity contribution in [3.05, 3.63) is 182 Å². The second-order valence-electron chi connectivity index (χ2n) is 8.91. The molecule has 1 nitrogen and oxygen atoms in total. The van der Waals surface area contributed by atoms with Crippen molar-refractivity contribution in [3.63, 3.8) is 0 Å². The molecule has 6 rings (SSSR count). The molecule has 0 fully saturated rings. The van der Waals surface area contributed by atoms with Gasteiger partial charge >= 0.3 is 265 Å². The SMILES string of the molecule is O=C(Cl)Cl.[Rh+2].c1cc[c]([Sb]([c]2ccccc2)[c]2ccccc2)cc1.c1ccc([As](c2ccccc2)c2ccccc2)cc1. The summed E-state index contributed by atoms with van der Waals surface area (Å²) in [7, 11) is 0. The van der Waals surface area contributed by atoms with Crippen LogP contribution in [0.3, 0.4) is 0 Å². The molecule has 6 aromatic carbocycles. The van der Waals surface area contributed by atoms with Crippen molar-refractivity contribution < 1.29 is 24.3 Å². The predicted molar refractivity (Wildman–Crippen MR) is 185 cm³/mol. The third kappa shape index (κ3) is 11.5. The zero-order valence-electron chi connectivity index (χ0n) is 23.2. The van der Waals surface area contributed by atoms with Gasteiger partial charge in [-0.2, -0.15) is 0 Å². The first-order valence-electron chi connectivity index (χ1n) is 13.4. The van der Waals surface area contributed by atoms with Crippen LogP contribution in [0.25, 0.3) is 0 Å². The minimum atomic E-state index is -1.83.